The summed E-state index contributed by atoms with van der Waals surface area (Å²) in [6.07, 6.45) is 4.91. The molecule has 3 aromatic carbocycles. The quantitative estimate of drug-likeness (QED) is 0.0783. The van der Waals surface area contributed by atoms with Gasteiger partial charge in [-0.3, -0.25) is 9.78 Å². The molecule has 221 valence electrons. The van der Waals surface area contributed by atoms with Crippen LogP contribution in [0.3, 0.4) is 0 Å². The molecule has 0 saturated heterocycles. The van der Waals surface area contributed by atoms with Gasteiger partial charge in [0.25, 0.3) is 0 Å². The molecule has 1 aliphatic heterocycles. The number of carbonyl (C=O) groups excluding carboxylic acids is 1. The van der Waals surface area contributed by atoms with Crippen molar-refractivity contribution < 1.29 is 34.4 Å². The standard InChI is InChI=1S/C23H16NOSi.C13H24O2.Ir/c1-26(2)19-12-6-11-18-22(19)21-15(8-5-10-17(21)25-18)23-20(26)13-14-7-3-4-9-16(14)24-23;1-5-10(6-2)12(14)9-13(15)11(7-3)8-4;/h3-7,9-13H,1-2H3;9-11,14H,5-8H2,1-4H3;/q-1;;/b;12-9-;. The summed E-state index contributed by atoms with van der Waals surface area (Å²) in [7, 11) is -1.96. The first-order valence-electron chi connectivity index (χ1n) is 15.0. The molecule has 2 aromatic heterocycles. The van der Waals surface area contributed by atoms with Gasteiger partial charge >= 0.3 is 0 Å². The topological polar surface area (TPSA) is 63.3 Å². The van der Waals surface area contributed by atoms with E-state index in [0.717, 1.165) is 53.6 Å². The predicted molar refractivity (Wildman–Crippen MR) is 174 cm³/mol. The molecule has 6 heteroatoms. The van der Waals surface area contributed by atoms with Crippen LogP contribution in [-0.4, -0.2) is 23.9 Å². The number of carbonyl (C=O) groups is 1. The molecule has 0 amide bonds. The van der Waals surface area contributed by atoms with Crippen molar-refractivity contribution in [1.29, 1.82) is 0 Å². The molecule has 0 fully saturated rings. The maximum absolute atomic E-state index is 11.7. The number of aromatic nitrogens is 1. The number of ketones is 1. The van der Waals surface area contributed by atoms with Crippen molar-refractivity contribution in [3.05, 3.63) is 78.6 Å². The third kappa shape index (κ3) is 5.65. The van der Waals surface area contributed by atoms with E-state index in [1.54, 1.807) is 0 Å². The Balaban J connectivity index is 0.000000221. The SMILES string of the molecule is CCC(CC)C(=O)/C=C(\O)C(CC)CC.C[Si]1(C)c2cc3ccccc3nc2-c2[c-]ccc3oc4cccc1c4c23.[Ir]. The number of aliphatic hydroxyl groups excluding tert-OH is 1. The molecule has 1 radical (unpaired) electrons. The summed E-state index contributed by atoms with van der Waals surface area (Å²) >= 11 is 0. The number of hydrogen-bond donors (Lipinski definition) is 1. The van der Waals surface area contributed by atoms with Crippen molar-refractivity contribution in [2.45, 2.75) is 66.5 Å². The number of furan rings is 1. The maximum Gasteiger partial charge on any atom is 0.162 e. The van der Waals surface area contributed by atoms with Gasteiger partial charge in [-0.1, -0.05) is 99.0 Å². The van der Waals surface area contributed by atoms with Crippen molar-refractivity contribution in [2.75, 3.05) is 0 Å². The summed E-state index contributed by atoms with van der Waals surface area (Å²) in [6.45, 7) is 12.9. The summed E-state index contributed by atoms with van der Waals surface area (Å²) in [5, 5.41) is 16.2. The molecule has 4 nitrogen and oxygen atoms in total. The fraction of sp³-hybridized carbons (Fsp3) is 0.333. The van der Waals surface area contributed by atoms with E-state index in [-0.39, 0.29) is 43.5 Å². The average molecular weight is 755 g/mol. The molecule has 3 heterocycles. The first-order valence-corrected chi connectivity index (χ1v) is 18.0. The molecule has 0 unspecified atom stereocenters. The van der Waals surface area contributed by atoms with Gasteiger partial charge < -0.3 is 9.52 Å². The van der Waals surface area contributed by atoms with Crippen LogP contribution in [0.25, 0.3) is 44.1 Å². The number of nitrogens with zero attached hydrogens (tertiary/aromatic N) is 1. The average Bonchev–Trinajstić information content (AvgIpc) is 3.33. The number of aliphatic hydroxyl groups is 1. The van der Waals surface area contributed by atoms with E-state index in [2.05, 4.69) is 67.7 Å². The largest absolute Gasteiger partial charge is 0.512 e. The Morgan fingerprint density at radius 3 is 2.26 bits per heavy atom. The van der Waals surface area contributed by atoms with Gasteiger partial charge in [0.2, 0.25) is 0 Å². The van der Waals surface area contributed by atoms with Gasteiger partial charge in [-0.2, -0.15) is 0 Å². The van der Waals surface area contributed by atoms with Crippen LogP contribution in [0, 0.1) is 17.9 Å². The Bertz CT molecular complexity index is 1760. The zero-order valence-corrected chi connectivity index (χ0v) is 28.8. The Labute approximate surface area is 263 Å². The van der Waals surface area contributed by atoms with Crippen molar-refractivity contribution in [2.24, 2.45) is 11.8 Å². The molecule has 5 aromatic rings. The van der Waals surface area contributed by atoms with E-state index < -0.39 is 8.07 Å². The summed E-state index contributed by atoms with van der Waals surface area (Å²) in [6, 6.07) is 24.7. The second-order valence-electron chi connectivity index (χ2n) is 11.6. The minimum Gasteiger partial charge on any atom is -0.512 e. The molecule has 1 N–H and O–H groups in total. The fourth-order valence-corrected chi connectivity index (χ4v) is 9.19. The van der Waals surface area contributed by atoms with Gasteiger partial charge in [-0.25, -0.2) is 0 Å². The number of benzene rings is 3. The second kappa shape index (κ2) is 13.1. The van der Waals surface area contributed by atoms with E-state index in [0.29, 0.717) is 0 Å². The molecule has 6 rings (SSSR count). The number of para-hydroxylation sites is 1. The second-order valence-corrected chi connectivity index (χ2v) is 15.9. The van der Waals surface area contributed by atoms with Crippen molar-refractivity contribution >= 4 is 57.1 Å². The van der Waals surface area contributed by atoms with Gasteiger partial charge in [0.1, 0.15) is 13.7 Å². The van der Waals surface area contributed by atoms with E-state index in [1.165, 1.54) is 32.6 Å². The smallest absolute Gasteiger partial charge is 0.162 e. The monoisotopic (exact) mass is 755 g/mol. The van der Waals surface area contributed by atoms with Gasteiger partial charge in [0, 0.05) is 38.0 Å². The zero-order chi connectivity index (χ0) is 29.3. The van der Waals surface area contributed by atoms with E-state index in [1.807, 2.05) is 39.8 Å². The third-order valence-electron chi connectivity index (χ3n) is 8.84. The number of rotatable bonds is 7. The summed E-state index contributed by atoms with van der Waals surface area (Å²) in [5.41, 5.74) is 5.08. The van der Waals surface area contributed by atoms with Crippen LogP contribution < -0.4 is 10.4 Å². The number of hydrogen-bond acceptors (Lipinski definition) is 4. The van der Waals surface area contributed by atoms with Crippen LogP contribution in [0.1, 0.15) is 53.4 Å². The third-order valence-corrected chi connectivity index (χ3v) is 12.3. The molecule has 0 atom stereocenters. The molecule has 0 aliphatic carbocycles. The number of fused-ring (bicyclic) bond motifs is 3. The Morgan fingerprint density at radius 1 is 0.905 bits per heavy atom. The van der Waals surface area contributed by atoms with Gasteiger partial charge in [0.05, 0.1) is 16.9 Å². The van der Waals surface area contributed by atoms with E-state index >= 15 is 0 Å². The van der Waals surface area contributed by atoms with Crippen molar-refractivity contribution in [3.63, 3.8) is 0 Å². The first kappa shape index (κ1) is 31.9. The predicted octanol–water partition coefficient (Wildman–Crippen LogP) is 8.60. The van der Waals surface area contributed by atoms with Gasteiger partial charge in [-0.05, 0) is 54.3 Å². The maximum atomic E-state index is 11.7. The summed E-state index contributed by atoms with van der Waals surface area (Å²) in [4.78, 5) is 16.8. The zero-order valence-electron chi connectivity index (χ0n) is 25.4. The van der Waals surface area contributed by atoms with Crippen molar-refractivity contribution in [3.8, 4) is 11.3 Å². The minimum atomic E-state index is -1.96. The van der Waals surface area contributed by atoms with E-state index in [9.17, 15) is 9.90 Å². The fourth-order valence-electron chi connectivity index (χ4n) is 6.22. The van der Waals surface area contributed by atoms with Crippen LogP contribution in [0.15, 0.2) is 76.9 Å². The molecule has 0 spiro atoms. The normalized spacial score (nSPS) is 13.7. The van der Waals surface area contributed by atoms with Crippen LogP contribution in [0.4, 0.5) is 0 Å². The molecular weight excluding hydrogens is 715 g/mol. The Morgan fingerprint density at radius 2 is 1.57 bits per heavy atom. The molecule has 42 heavy (non-hydrogen) atoms. The van der Waals surface area contributed by atoms with Crippen LogP contribution >= 0.6 is 0 Å². The van der Waals surface area contributed by atoms with Crippen molar-refractivity contribution in [1.82, 2.24) is 4.98 Å². The number of pyridine rings is 1. The molecular formula is C36H40IrNO3Si-. The van der Waals surface area contributed by atoms with Crippen LogP contribution in [-0.2, 0) is 24.9 Å². The summed E-state index contributed by atoms with van der Waals surface area (Å²) < 4.78 is 6.18. The minimum absolute atomic E-state index is 0. The molecule has 1 aliphatic rings. The van der Waals surface area contributed by atoms with Crippen LogP contribution in [0.2, 0.25) is 13.1 Å². The Hall–Kier alpha value is -3.05. The van der Waals surface area contributed by atoms with Gasteiger partial charge in [-0.15, -0.1) is 17.7 Å². The molecule has 0 bridgehead atoms. The Kier molecular flexibility index (Phi) is 9.92. The van der Waals surface area contributed by atoms with Gasteiger partial charge in [0.15, 0.2) is 5.78 Å². The first-order chi connectivity index (χ1) is 19.7. The van der Waals surface area contributed by atoms with E-state index in [4.69, 9.17) is 9.40 Å². The number of allylic oxidation sites excluding steroid dienone is 2. The van der Waals surface area contributed by atoms with Crippen LogP contribution in [0.5, 0.6) is 0 Å². The summed E-state index contributed by atoms with van der Waals surface area (Å²) in [5.74, 6) is 0.547. The molecule has 0 saturated carbocycles.